The number of benzene rings is 5. The third-order valence-corrected chi connectivity index (χ3v) is 7.44. The summed E-state index contributed by atoms with van der Waals surface area (Å²) in [6.45, 7) is 0. The van der Waals surface area contributed by atoms with E-state index in [1.165, 1.54) is 0 Å². The second-order valence-corrected chi connectivity index (χ2v) is 9.87. The molecule has 0 unspecified atom stereocenters. The molecule has 5 aromatic carbocycles. The van der Waals surface area contributed by atoms with Crippen LogP contribution < -0.4 is 0 Å². The van der Waals surface area contributed by atoms with E-state index in [1.54, 1.807) is 0 Å². The van der Waals surface area contributed by atoms with E-state index in [-0.39, 0.29) is 0 Å². The molecule has 0 atom stereocenters. The van der Waals surface area contributed by atoms with Gasteiger partial charge >= 0.3 is 0 Å². The number of furan rings is 1. The molecule has 8 aromatic rings. The molecule has 0 aliphatic rings. The quantitative estimate of drug-likeness (QED) is 0.235. The Bertz CT molecular complexity index is 2140. The SMILES string of the molecule is c1ccc(-c2ccc3c(c2)oc2c(-c4nc5ccc(-c6ccccc6)nc5n4-c4ccccc4)cccc23)cc1. The van der Waals surface area contributed by atoms with Crippen LogP contribution in [-0.4, -0.2) is 14.5 Å². The number of hydrogen-bond acceptors (Lipinski definition) is 3. The number of nitrogens with zero attached hydrogens (tertiary/aromatic N) is 3. The van der Waals surface area contributed by atoms with Crippen LogP contribution in [0, 0.1) is 0 Å². The van der Waals surface area contributed by atoms with Gasteiger partial charge in [-0.05, 0) is 53.6 Å². The minimum atomic E-state index is 0.798. The first-order valence-corrected chi connectivity index (χ1v) is 13.3. The monoisotopic (exact) mass is 513 g/mol. The van der Waals surface area contributed by atoms with Crippen LogP contribution in [0.1, 0.15) is 0 Å². The average Bonchev–Trinajstić information content (AvgIpc) is 3.60. The Morgan fingerprint density at radius 3 is 2.02 bits per heavy atom. The normalized spacial score (nSPS) is 11.5. The first-order valence-electron chi connectivity index (χ1n) is 13.3. The summed E-state index contributed by atoms with van der Waals surface area (Å²) in [7, 11) is 0. The van der Waals surface area contributed by atoms with Crippen LogP contribution >= 0.6 is 0 Å². The van der Waals surface area contributed by atoms with Crippen molar-refractivity contribution in [2.45, 2.75) is 0 Å². The van der Waals surface area contributed by atoms with E-state index in [9.17, 15) is 0 Å². The van der Waals surface area contributed by atoms with Crippen LogP contribution in [0.15, 0.2) is 144 Å². The maximum absolute atomic E-state index is 6.61. The van der Waals surface area contributed by atoms with Gasteiger partial charge in [0.1, 0.15) is 16.7 Å². The smallest absolute Gasteiger partial charge is 0.165 e. The maximum atomic E-state index is 6.61. The van der Waals surface area contributed by atoms with Gasteiger partial charge in [-0.1, -0.05) is 97.1 Å². The lowest BCUT2D eigenvalue weighted by Gasteiger charge is -2.10. The third kappa shape index (κ3) is 3.62. The molecule has 3 aromatic heterocycles. The predicted molar refractivity (Wildman–Crippen MR) is 162 cm³/mol. The molecule has 0 bridgehead atoms. The fourth-order valence-corrected chi connectivity index (χ4v) is 5.51. The Hall–Kier alpha value is -5.48. The van der Waals surface area contributed by atoms with Crippen molar-refractivity contribution >= 4 is 33.1 Å². The Labute approximate surface area is 230 Å². The zero-order chi connectivity index (χ0) is 26.5. The van der Waals surface area contributed by atoms with E-state index >= 15 is 0 Å². The van der Waals surface area contributed by atoms with Gasteiger partial charge in [0.2, 0.25) is 0 Å². The van der Waals surface area contributed by atoms with Gasteiger partial charge in [0.05, 0.1) is 11.3 Å². The summed E-state index contributed by atoms with van der Waals surface area (Å²) >= 11 is 0. The van der Waals surface area contributed by atoms with E-state index in [4.69, 9.17) is 14.4 Å². The molecular formula is C36H23N3O. The van der Waals surface area contributed by atoms with Crippen molar-refractivity contribution in [1.82, 2.24) is 14.5 Å². The highest BCUT2D eigenvalue weighted by Gasteiger charge is 2.21. The number of aromatic nitrogens is 3. The van der Waals surface area contributed by atoms with Crippen LogP contribution in [0.25, 0.3) is 72.6 Å². The lowest BCUT2D eigenvalue weighted by molar-refractivity contribution is 0.669. The minimum Gasteiger partial charge on any atom is -0.455 e. The number of rotatable bonds is 4. The fourth-order valence-electron chi connectivity index (χ4n) is 5.51. The van der Waals surface area contributed by atoms with Crippen molar-refractivity contribution in [3.63, 3.8) is 0 Å². The van der Waals surface area contributed by atoms with Crippen LogP contribution in [-0.2, 0) is 0 Å². The molecule has 188 valence electrons. The Morgan fingerprint density at radius 2 is 1.25 bits per heavy atom. The Kier molecular flexibility index (Phi) is 5.10. The first kappa shape index (κ1) is 22.5. The van der Waals surface area contributed by atoms with Gasteiger partial charge in [-0.3, -0.25) is 4.57 Å². The number of hydrogen-bond donors (Lipinski definition) is 0. The molecule has 8 rings (SSSR count). The van der Waals surface area contributed by atoms with Crippen molar-refractivity contribution in [2.75, 3.05) is 0 Å². The zero-order valence-electron chi connectivity index (χ0n) is 21.5. The zero-order valence-corrected chi connectivity index (χ0v) is 21.5. The summed E-state index contributed by atoms with van der Waals surface area (Å²) in [5, 5.41) is 2.15. The van der Waals surface area contributed by atoms with Gasteiger partial charge in [0.15, 0.2) is 11.5 Å². The van der Waals surface area contributed by atoms with Crippen LogP contribution in [0.2, 0.25) is 0 Å². The van der Waals surface area contributed by atoms with E-state index in [2.05, 4.69) is 95.6 Å². The number of fused-ring (bicyclic) bond motifs is 4. The third-order valence-electron chi connectivity index (χ3n) is 7.44. The molecule has 40 heavy (non-hydrogen) atoms. The van der Waals surface area contributed by atoms with E-state index in [1.807, 2.05) is 48.5 Å². The van der Waals surface area contributed by atoms with Gasteiger partial charge in [-0.15, -0.1) is 0 Å². The molecule has 0 aliphatic heterocycles. The van der Waals surface area contributed by atoms with Gasteiger partial charge < -0.3 is 4.42 Å². The Balaban J connectivity index is 1.38. The highest BCUT2D eigenvalue weighted by Crippen LogP contribution is 2.39. The average molecular weight is 514 g/mol. The minimum absolute atomic E-state index is 0.798. The molecule has 0 aliphatic carbocycles. The molecule has 0 saturated carbocycles. The van der Waals surface area contributed by atoms with E-state index < -0.39 is 0 Å². The second-order valence-electron chi connectivity index (χ2n) is 9.87. The number of para-hydroxylation sites is 2. The summed E-state index contributed by atoms with van der Waals surface area (Å²) in [6, 6.07) is 47.7. The molecule has 4 heteroatoms. The summed E-state index contributed by atoms with van der Waals surface area (Å²) in [6.07, 6.45) is 0. The molecule has 3 heterocycles. The summed E-state index contributed by atoms with van der Waals surface area (Å²) < 4.78 is 8.74. The van der Waals surface area contributed by atoms with Crippen LogP contribution in [0.4, 0.5) is 0 Å². The Morgan fingerprint density at radius 1 is 0.525 bits per heavy atom. The van der Waals surface area contributed by atoms with Crippen molar-refractivity contribution in [2.24, 2.45) is 0 Å². The molecular weight excluding hydrogens is 490 g/mol. The predicted octanol–water partition coefficient (Wildman–Crippen LogP) is 9.32. The van der Waals surface area contributed by atoms with Gasteiger partial charge in [0, 0.05) is 22.0 Å². The molecule has 0 spiro atoms. The van der Waals surface area contributed by atoms with Crippen molar-refractivity contribution in [1.29, 1.82) is 0 Å². The van der Waals surface area contributed by atoms with Crippen LogP contribution in [0.3, 0.4) is 0 Å². The van der Waals surface area contributed by atoms with Gasteiger partial charge in [0.25, 0.3) is 0 Å². The largest absolute Gasteiger partial charge is 0.455 e. The lowest BCUT2D eigenvalue weighted by atomic mass is 10.0. The second kappa shape index (κ2) is 9.07. The van der Waals surface area contributed by atoms with E-state index in [0.717, 1.165) is 72.6 Å². The standard InChI is InChI=1S/C36H23N3O/c1-4-11-24(12-5-1)26-19-20-28-29-17-10-18-30(34(29)40-33(28)23-26)35-38-32-22-21-31(25-13-6-2-7-14-25)37-36(32)39(35)27-15-8-3-9-16-27/h1-23H. The summed E-state index contributed by atoms with van der Waals surface area (Å²) in [4.78, 5) is 10.2. The highest BCUT2D eigenvalue weighted by atomic mass is 16.3. The number of imidazole rings is 1. The van der Waals surface area contributed by atoms with E-state index in [0.29, 0.717) is 0 Å². The molecule has 0 amide bonds. The maximum Gasteiger partial charge on any atom is 0.165 e. The van der Waals surface area contributed by atoms with Crippen molar-refractivity contribution in [3.05, 3.63) is 140 Å². The van der Waals surface area contributed by atoms with Gasteiger partial charge in [-0.2, -0.15) is 0 Å². The molecule has 4 nitrogen and oxygen atoms in total. The van der Waals surface area contributed by atoms with Crippen LogP contribution in [0.5, 0.6) is 0 Å². The molecule has 0 fully saturated rings. The lowest BCUT2D eigenvalue weighted by Crippen LogP contribution is -1.99. The number of pyridine rings is 1. The molecule has 0 radical (unpaired) electrons. The summed E-state index contributed by atoms with van der Waals surface area (Å²) in [5.41, 5.74) is 9.51. The fraction of sp³-hybridized carbons (Fsp3) is 0. The molecule has 0 saturated heterocycles. The molecule has 0 N–H and O–H groups in total. The van der Waals surface area contributed by atoms with Crippen molar-refractivity contribution in [3.8, 4) is 39.5 Å². The summed E-state index contributed by atoms with van der Waals surface area (Å²) in [5.74, 6) is 0.798. The first-order chi connectivity index (χ1) is 19.8. The highest BCUT2D eigenvalue weighted by molar-refractivity contribution is 6.10. The van der Waals surface area contributed by atoms with Crippen molar-refractivity contribution < 1.29 is 4.42 Å². The topological polar surface area (TPSA) is 43.9 Å². The van der Waals surface area contributed by atoms with Gasteiger partial charge in [-0.25, -0.2) is 9.97 Å².